The van der Waals surface area contributed by atoms with Crippen LogP contribution in [0.1, 0.15) is 12.1 Å². The summed E-state index contributed by atoms with van der Waals surface area (Å²) in [5.74, 6) is -0.205. The highest BCUT2D eigenvalue weighted by Gasteiger charge is 2.28. The zero-order valence-corrected chi connectivity index (χ0v) is 20.8. The number of nitrogens with zero attached hydrogens (tertiary/aromatic N) is 3. The quantitative estimate of drug-likeness (QED) is 0.332. The highest BCUT2D eigenvalue weighted by Crippen LogP contribution is 2.31. The molecular formula is C24H24F2N6O4S. The Morgan fingerprint density at radius 3 is 2.65 bits per heavy atom. The van der Waals surface area contributed by atoms with Crippen LogP contribution in [0.25, 0.3) is 22.4 Å². The molecule has 13 heteroatoms. The molecule has 2 unspecified atom stereocenters. The van der Waals surface area contributed by atoms with Crippen molar-refractivity contribution in [1.82, 2.24) is 25.5 Å². The highest BCUT2D eigenvalue weighted by molar-refractivity contribution is 7.92. The van der Waals surface area contributed by atoms with E-state index < -0.39 is 33.0 Å². The smallest absolute Gasteiger partial charge is 0.264 e. The summed E-state index contributed by atoms with van der Waals surface area (Å²) >= 11 is 0. The van der Waals surface area contributed by atoms with Crippen molar-refractivity contribution in [2.24, 2.45) is 0 Å². The Kier molecular flexibility index (Phi) is 6.65. The van der Waals surface area contributed by atoms with Gasteiger partial charge in [-0.1, -0.05) is 0 Å². The van der Waals surface area contributed by atoms with Gasteiger partial charge in [-0.3, -0.25) is 9.82 Å². The molecule has 4 aromatic rings. The Bertz CT molecular complexity index is 1550. The maximum Gasteiger partial charge on any atom is 0.264 e. The van der Waals surface area contributed by atoms with Gasteiger partial charge in [-0.15, -0.1) is 0 Å². The molecule has 0 aliphatic carbocycles. The van der Waals surface area contributed by atoms with E-state index in [0.717, 1.165) is 12.1 Å². The number of nitrogens with one attached hydrogen (secondary N) is 3. The Labute approximate surface area is 211 Å². The zero-order chi connectivity index (χ0) is 26.2. The fourth-order valence-electron chi connectivity index (χ4n) is 4.03. The largest absolute Gasteiger partial charge is 0.497 e. The lowest BCUT2D eigenvalue weighted by Gasteiger charge is -2.27. The summed E-state index contributed by atoms with van der Waals surface area (Å²) in [6, 6.07) is 9.66. The first-order valence-corrected chi connectivity index (χ1v) is 12.9. The maximum absolute atomic E-state index is 14.4. The molecule has 1 saturated heterocycles. The predicted molar refractivity (Wildman–Crippen MR) is 132 cm³/mol. The summed E-state index contributed by atoms with van der Waals surface area (Å²) in [5, 5.41) is 10.6. The normalized spacial score (nSPS) is 18.1. The number of alkyl halides is 1. The fraction of sp³-hybridized carbons (Fsp3) is 0.292. The average Bonchev–Trinajstić information content (AvgIpc) is 3.26. The monoisotopic (exact) mass is 530 g/mol. The number of sulfonamides is 1. The molecule has 1 aliphatic rings. The summed E-state index contributed by atoms with van der Waals surface area (Å²) in [6.07, 6.45) is -1.35. The second kappa shape index (κ2) is 9.90. The number of hydrogen-bond donors (Lipinski definition) is 3. The SMILES string of the molecule is COc1ccc(F)c(S(=O)(=O)Nc2ccc(-c3nc(OC4CCNCC4F)c4c(C)[nH]nc4n3)cc2)c1. The van der Waals surface area contributed by atoms with Crippen LogP contribution in [0, 0.1) is 12.7 Å². The van der Waals surface area contributed by atoms with Crippen molar-refractivity contribution < 1.29 is 26.7 Å². The summed E-state index contributed by atoms with van der Waals surface area (Å²) in [5.41, 5.74) is 1.80. The van der Waals surface area contributed by atoms with Crippen LogP contribution in [-0.4, -0.2) is 61.1 Å². The van der Waals surface area contributed by atoms with Crippen molar-refractivity contribution in [2.75, 3.05) is 24.9 Å². The summed E-state index contributed by atoms with van der Waals surface area (Å²) < 4.78 is 67.5. The first kappa shape index (κ1) is 24.8. The third kappa shape index (κ3) is 5.04. The van der Waals surface area contributed by atoms with Gasteiger partial charge in [0, 0.05) is 29.6 Å². The van der Waals surface area contributed by atoms with Crippen LogP contribution in [0.2, 0.25) is 0 Å². The molecule has 10 nitrogen and oxygen atoms in total. The summed E-state index contributed by atoms with van der Waals surface area (Å²) in [4.78, 5) is 8.48. The minimum Gasteiger partial charge on any atom is -0.497 e. The van der Waals surface area contributed by atoms with Gasteiger partial charge in [0.15, 0.2) is 11.5 Å². The average molecular weight is 531 g/mol. The number of rotatable bonds is 7. The van der Waals surface area contributed by atoms with Crippen LogP contribution in [0.5, 0.6) is 11.6 Å². The molecule has 3 N–H and O–H groups in total. The number of ether oxygens (including phenoxy) is 2. The first-order valence-electron chi connectivity index (χ1n) is 11.5. The van der Waals surface area contributed by atoms with Crippen molar-refractivity contribution in [1.29, 1.82) is 0 Å². The molecule has 1 aliphatic heterocycles. The number of piperidine rings is 1. The lowest BCUT2D eigenvalue weighted by Crippen LogP contribution is -2.44. The second-order valence-electron chi connectivity index (χ2n) is 8.54. The van der Waals surface area contributed by atoms with E-state index in [1.807, 2.05) is 0 Å². The number of halogens is 2. The fourth-order valence-corrected chi connectivity index (χ4v) is 5.18. The van der Waals surface area contributed by atoms with Crippen LogP contribution >= 0.6 is 0 Å². The molecule has 5 rings (SSSR count). The molecule has 1 fully saturated rings. The number of aromatic nitrogens is 4. The highest BCUT2D eigenvalue weighted by atomic mass is 32.2. The van der Waals surface area contributed by atoms with Gasteiger partial charge >= 0.3 is 0 Å². The minimum atomic E-state index is -4.22. The molecule has 194 valence electrons. The number of hydrogen-bond acceptors (Lipinski definition) is 8. The van der Waals surface area contributed by atoms with E-state index in [1.54, 1.807) is 19.1 Å². The van der Waals surface area contributed by atoms with E-state index in [0.29, 0.717) is 35.3 Å². The molecule has 0 amide bonds. The number of fused-ring (bicyclic) bond motifs is 1. The summed E-state index contributed by atoms with van der Waals surface area (Å²) in [6.45, 7) is 2.63. The van der Waals surface area contributed by atoms with E-state index in [1.165, 1.54) is 25.3 Å². The molecule has 2 aromatic heterocycles. The molecule has 0 radical (unpaired) electrons. The Hall–Kier alpha value is -3.84. The topological polar surface area (TPSA) is 131 Å². The van der Waals surface area contributed by atoms with Gasteiger partial charge in [-0.2, -0.15) is 10.1 Å². The lowest BCUT2D eigenvalue weighted by atomic mass is 10.1. The first-order chi connectivity index (χ1) is 17.7. The van der Waals surface area contributed by atoms with Crippen LogP contribution in [0.3, 0.4) is 0 Å². The molecule has 0 spiro atoms. The number of H-pyrrole nitrogens is 1. The Balaban J connectivity index is 1.43. The molecule has 0 bridgehead atoms. The van der Waals surface area contributed by atoms with Crippen LogP contribution < -0.4 is 19.5 Å². The van der Waals surface area contributed by atoms with Gasteiger partial charge in [0.1, 0.15) is 34.1 Å². The van der Waals surface area contributed by atoms with E-state index in [4.69, 9.17) is 9.47 Å². The van der Waals surface area contributed by atoms with E-state index >= 15 is 0 Å². The molecule has 2 aromatic carbocycles. The number of anilines is 1. The second-order valence-corrected chi connectivity index (χ2v) is 10.2. The Morgan fingerprint density at radius 2 is 1.92 bits per heavy atom. The van der Waals surface area contributed by atoms with Crippen LogP contribution in [0.15, 0.2) is 47.4 Å². The van der Waals surface area contributed by atoms with E-state index in [-0.39, 0.29) is 29.7 Å². The van der Waals surface area contributed by atoms with Crippen LogP contribution in [-0.2, 0) is 10.0 Å². The van der Waals surface area contributed by atoms with Gasteiger partial charge in [-0.25, -0.2) is 22.2 Å². The molecule has 0 saturated carbocycles. The predicted octanol–water partition coefficient (Wildman–Crippen LogP) is 3.36. The molecule has 3 heterocycles. The lowest BCUT2D eigenvalue weighted by molar-refractivity contribution is 0.0707. The molecule has 2 atom stereocenters. The number of aryl methyl sites for hydroxylation is 1. The van der Waals surface area contributed by atoms with E-state index in [9.17, 15) is 17.2 Å². The van der Waals surface area contributed by atoms with E-state index in [2.05, 4.69) is 30.2 Å². The van der Waals surface area contributed by atoms with Gasteiger partial charge < -0.3 is 14.8 Å². The van der Waals surface area contributed by atoms with Crippen molar-refractivity contribution in [3.63, 3.8) is 0 Å². The van der Waals surface area contributed by atoms with Crippen LogP contribution in [0.4, 0.5) is 14.5 Å². The van der Waals surface area contributed by atoms with Gasteiger partial charge in [-0.05, 0) is 56.3 Å². The van der Waals surface area contributed by atoms with Crippen molar-refractivity contribution >= 4 is 26.7 Å². The van der Waals surface area contributed by atoms with Crippen molar-refractivity contribution in [2.45, 2.75) is 30.5 Å². The standard InChI is InChI=1S/C24H24F2N6O4S/c1-13-21-23(31-30-13)28-22(29-24(21)36-19-9-10-27-12-18(19)26)14-3-5-15(6-4-14)32-37(33,34)20-11-16(35-2)7-8-17(20)25/h3-8,11,18-19,27,32H,9-10,12H2,1-2H3,(H,28,29,30,31). The molecule has 37 heavy (non-hydrogen) atoms. The zero-order valence-electron chi connectivity index (χ0n) is 20.0. The number of methoxy groups -OCH3 is 1. The maximum atomic E-state index is 14.4. The molecular weight excluding hydrogens is 506 g/mol. The van der Waals surface area contributed by atoms with Crippen molar-refractivity contribution in [3.05, 3.63) is 54.0 Å². The van der Waals surface area contributed by atoms with Gasteiger partial charge in [0.25, 0.3) is 10.0 Å². The summed E-state index contributed by atoms with van der Waals surface area (Å²) in [7, 11) is -2.86. The number of aromatic amines is 1. The Morgan fingerprint density at radius 1 is 1.14 bits per heavy atom. The number of benzene rings is 2. The minimum absolute atomic E-state index is 0.202. The van der Waals surface area contributed by atoms with Gasteiger partial charge in [0.05, 0.1) is 7.11 Å². The third-order valence-electron chi connectivity index (χ3n) is 6.00. The third-order valence-corrected chi connectivity index (χ3v) is 7.39. The van der Waals surface area contributed by atoms with Crippen molar-refractivity contribution in [3.8, 4) is 23.0 Å². The van der Waals surface area contributed by atoms with Gasteiger partial charge in [0.2, 0.25) is 5.88 Å².